The second-order valence-corrected chi connectivity index (χ2v) is 4.44. The van der Waals surface area contributed by atoms with E-state index < -0.39 is 6.04 Å². The summed E-state index contributed by atoms with van der Waals surface area (Å²) in [5.74, 6) is -0.207. The minimum Gasteiger partial charge on any atom is -0.347 e. The number of hydrogen-bond donors (Lipinski definition) is 2. The van der Waals surface area contributed by atoms with E-state index in [0.717, 1.165) is 5.69 Å². The number of hydrogen-bond acceptors (Lipinski definition) is 4. The molecule has 1 heterocycles. The average Bonchev–Trinajstić information content (AvgIpc) is 2.89. The number of aromatic nitrogens is 3. The Bertz CT molecular complexity index is 549. The maximum atomic E-state index is 11.5. The third kappa shape index (κ3) is 3.17. The molecule has 1 aromatic carbocycles. The molecule has 3 N–H and O–H groups in total. The van der Waals surface area contributed by atoms with Crippen molar-refractivity contribution < 1.29 is 4.79 Å². The number of nitrogens with two attached hydrogens (primary N) is 1. The van der Waals surface area contributed by atoms with E-state index in [2.05, 4.69) is 15.6 Å². The smallest absolute Gasteiger partial charge is 0.237 e. The summed E-state index contributed by atoms with van der Waals surface area (Å²) < 4.78 is 1.67. The van der Waals surface area contributed by atoms with Gasteiger partial charge in [-0.3, -0.25) is 4.79 Å². The molecule has 2 atom stereocenters. The molecule has 1 amide bonds. The fourth-order valence-electron chi connectivity index (χ4n) is 1.60. The molecule has 19 heavy (non-hydrogen) atoms. The molecule has 2 rings (SSSR count). The molecular formula is C13H17N5O. The summed E-state index contributed by atoms with van der Waals surface area (Å²) in [6, 6.07) is 8.90. The number of carbonyl (C=O) groups excluding carboxylic acids is 1. The standard InChI is InChI=1S/C13H17N5O/c1-9(14)13(19)15-10(2)12-8-18(17-16-12)11-6-4-3-5-7-11/h3-10H,14H2,1-2H3,(H,15,19)/t9-,10?/m0/s1. The Morgan fingerprint density at radius 3 is 2.63 bits per heavy atom. The lowest BCUT2D eigenvalue weighted by Gasteiger charge is -2.12. The Morgan fingerprint density at radius 1 is 1.32 bits per heavy atom. The normalized spacial score (nSPS) is 13.8. The fourth-order valence-corrected chi connectivity index (χ4v) is 1.60. The maximum Gasteiger partial charge on any atom is 0.237 e. The van der Waals surface area contributed by atoms with Crippen LogP contribution in [0, 0.1) is 0 Å². The van der Waals surface area contributed by atoms with Crippen molar-refractivity contribution in [3.63, 3.8) is 0 Å². The van der Waals surface area contributed by atoms with E-state index in [1.165, 1.54) is 0 Å². The maximum absolute atomic E-state index is 11.5. The number of rotatable bonds is 4. The molecule has 100 valence electrons. The highest BCUT2D eigenvalue weighted by molar-refractivity contribution is 5.81. The second-order valence-electron chi connectivity index (χ2n) is 4.44. The second kappa shape index (κ2) is 5.62. The predicted octanol–water partition coefficient (Wildman–Crippen LogP) is 0.792. The minimum absolute atomic E-state index is 0.207. The third-order valence-electron chi connectivity index (χ3n) is 2.75. The van der Waals surface area contributed by atoms with E-state index in [1.807, 2.05) is 37.3 Å². The van der Waals surface area contributed by atoms with E-state index in [9.17, 15) is 4.79 Å². The Labute approximate surface area is 111 Å². The van der Waals surface area contributed by atoms with Gasteiger partial charge in [0.1, 0.15) is 5.69 Å². The first-order chi connectivity index (χ1) is 9.08. The van der Waals surface area contributed by atoms with Crippen molar-refractivity contribution in [3.8, 4) is 5.69 Å². The minimum atomic E-state index is -0.536. The van der Waals surface area contributed by atoms with Crippen LogP contribution in [-0.4, -0.2) is 26.9 Å². The van der Waals surface area contributed by atoms with Gasteiger partial charge in [0.15, 0.2) is 0 Å². The summed E-state index contributed by atoms with van der Waals surface area (Å²) in [6.07, 6.45) is 1.79. The average molecular weight is 259 g/mol. The summed E-state index contributed by atoms with van der Waals surface area (Å²) in [5.41, 5.74) is 7.12. The lowest BCUT2D eigenvalue weighted by molar-refractivity contribution is -0.122. The molecule has 0 aliphatic rings. The first-order valence-corrected chi connectivity index (χ1v) is 6.11. The van der Waals surface area contributed by atoms with E-state index >= 15 is 0 Å². The van der Waals surface area contributed by atoms with Crippen LogP contribution in [0.15, 0.2) is 36.5 Å². The van der Waals surface area contributed by atoms with Crippen LogP contribution in [0.4, 0.5) is 0 Å². The fraction of sp³-hybridized carbons (Fsp3) is 0.308. The highest BCUT2D eigenvalue weighted by atomic mass is 16.2. The van der Waals surface area contributed by atoms with Gasteiger partial charge in [-0.15, -0.1) is 5.10 Å². The first-order valence-electron chi connectivity index (χ1n) is 6.11. The van der Waals surface area contributed by atoms with Crippen LogP contribution in [0.3, 0.4) is 0 Å². The Kier molecular flexibility index (Phi) is 3.91. The van der Waals surface area contributed by atoms with Gasteiger partial charge in [-0.25, -0.2) is 4.68 Å². The van der Waals surface area contributed by atoms with Crippen LogP contribution >= 0.6 is 0 Å². The van der Waals surface area contributed by atoms with Gasteiger partial charge in [-0.2, -0.15) is 0 Å². The van der Waals surface area contributed by atoms with Gasteiger partial charge in [-0.05, 0) is 26.0 Å². The van der Waals surface area contributed by atoms with Gasteiger partial charge in [0.25, 0.3) is 0 Å². The van der Waals surface area contributed by atoms with Gasteiger partial charge in [0.05, 0.1) is 24.0 Å². The lowest BCUT2D eigenvalue weighted by atomic mass is 10.2. The van der Waals surface area contributed by atoms with Crippen LogP contribution in [0.5, 0.6) is 0 Å². The highest BCUT2D eigenvalue weighted by Gasteiger charge is 2.15. The van der Waals surface area contributed by atoms with Crippen molar-refractivity contribution in [1.29, 1.82) is 0 Å². The Morgan fingerprint density at radius 2 is 2.00 bits per heavy atom. The summed E-state index contributed by atoms with van der Waals surface area (Å²) in [5, 5.41) is 10.9. The zero-order chi connectivity index (χ0) is 13.8. The number of carbonyl (C=O) groups is 1. The molecule has 1 aromatic heterocycles. The number of amides is 1. The van der Waals surface area contributed by atoms with E-state index in [4.69, 9.17) is 5.73 Å². The monoisotopic (exact) mass is 259 g/mol. The molecule has 0 saturated heterocycles. The van der Waals surface area contributed by atoms with Gasteiger partial charge < -0.3 is 11.1 Å². The van der Waals surface area contributed by atoms with Crippen molar-refractivity contribution in [1.82, 2.24) is 20.3 Å². The number of nitrogens with zero attached hydrogens (tertiary/aromatic N) is 3. The van der Waals surface area contributed by atoms with E-state index in [0.29, 0.717) is 5.69 Å². The van der Waals surface area contributed by atoms with Crippen molar-refractivity contribution >= 4 is 5.91 Å². The number of para-hydroxylation sites is 1. The quantitative estimate of drug-likeness (QED) is 0.850. The largest absolute Gasteiger partial charge is 0.347 e. The van der Waals surface area contributed by atoms with Crippen molar-refractivity contribution in [2.75, 3.05) is 0 Å². The van der Waals surface area contributed by atoms with Crippen LogP contribution in [0.1, 0.15) is 25.6 Å². The molecule has 1 unspecified atom stereocenters. The number of benzene rings is 1. The Balaban J connectivity index is 2.11. The lowest BCUT2D eigenvalue weighted by Crippen LogP contribution is -2.39. The van der Waals surface area contributed by atoms with Crippen LogP contribution in [0.2, 0.25) is 0 Å². The number of nitrogens with one attached hydrogen (secondary N) is 1. The zero-order valence-corrected chi connectivity index (χ0v) is 10.9. The van der Waals surface area contributed by atoms with Crippen molar-refractivity contribution in [2.24, 2.45) is 5.73 Å². The topological polar surface area (TPSA) is 85.8 Å². The first kappa shape index (κ1) is 13.2. The Hall–Kier alpha value is -2.21. The summed E-state index contributed by atoms with van der Waals surface area (Å²) in [4.78, 5) is 11.5. The molecule has 6 heteroatoms. The molecule has 6 nitrogen and oxygen atoms in total. The van der Waals surface area contributed by atoms with Gasteiger partial charge in [0.2, 0.25) is 5.91 Å². The van der Waals surface area contributed by atoms with E-state index in [-0.39, 0.29) is 11.9 Å². The molecule has 0 spiro atoms. The highest BCUT2D eigenvalue weighted by Crippen LogP contribution is 2.11. The molecule has 2 aromatic rings. The van der Waals surface area contributed by atoms with Crippen LogP contribution in [0.25, 0.3) is 5.69 Å². The van der Waals surface area contributed by atoms with Crippen molar-refractivity contribution in [2.45, 2.75) is 25.9 Å². The third-order valence-corrected chi connectivity index (χ3v) is 2.75. The molecule has 0 aliphatic carbocycles. The zero-order valence-electron chi connectivity index (χ0n) is 10.9. The van der Waals surface area contributed by atoms with Gasteiger partial charge in [0, 0.05) is 0 Å². The van der Waals surface area contributed by atoms with Gasteiger partial charge >= 0.3 is 0 Å². The predicted molar refractivity (Wildman–Crippen MR) is 71.6 cm³/mol. The molecular weight excluding hydrogens is 242 g/mol. The summed E-state index contributed by atoms with van der Waals surface area (Å²) in [7, 11) is 0. The molecule has 0 radical (unpaired) electrons. The van der Waals surface area contributed by atoms with Crippen LogP contribution < -0.4 is 11.1 Å². The molecule has 0 fully saturated rings. The SMILES string of the molecule is CC(NC(=O)[C@H](C)N)c1cn(-c2ccccc2)nn1. The summed E-state index contributed by atoms with van der Waals surface area (Å²) >= 11 is 0. The van der Waals surface area contributed by atoms with Crippen molar-refractivity contribution in [3.05, 3.63) is 42.2 Å². The van der Waals surface area contributed by atoms with Gasteiger partial charge in [-0.1, -0.05) is 23.4 Å². The molecule has 0 aliphatic heterocycles. The molecule has 0 bridgehead atoms. The van der Waals surface area contributed by atoms with Crippen LogP contribution in [-0.2, 0) is 4.79 Å². The van der Waals surface area contributed by atoms with E-state index in [1.54, 1.807) is 17.8 Å². The molecule has 0 saturated carbocycles. The summed E-state index contributed by atoms with van der Waals surface area (Å²) in [6.45, 7) is 3.49.